The molecule has 28 heavy (non-hydrogen) atoms. The van der Waals surface area contributed by atoms with Crippen LogP contribution in [0.4, 0.5) is 0 Å². The number of hydrogen-bond donors (Lipinski definition) is 2. The van der Waals surface area contributed by atoms with E-state index in [1.165, 1.54) is 0 Å². The number of nitrogens with one attached hydrogen (secondary N) is 2. The highest BCUT2D eigenvalue weighted by Gasteiger charge is 2.22. The zero-order chi connectivity index (χ0) is 20.5. The topological polar surface area (TPSA) is 114 Å². The van der Waals surface area contributed by atoms with Gasteiger partial charge in [-0.2, -0.15) is 9.97 Å². The molecule has 0 bridgehead atoms. The molecule has 0 spiro atoms. The van der Waals surface area contributed by atoms with E-state index in [2.05, 4.69) is 25.4 Å². The summed E-state index contributed by atoms with van der Waals surface area (Å²) < 4.78 is 5.31. The molecule has 0 radical (unpaired) electrons. The van der Waals surface area contributed by atoms with Crippen molar-refractivity contribution in [3.8, 4) is 11.4 Å². The highest BCUT2D eigenvalue weighted by Crippen LogP contribution is 2.22. The minimum absolute atomic E-state index is 0.0409. The molecule has 2 aromatic heterocycles. The molecule has 2 N–H and O–H groups in total. The third-order valence-electron chi connectivity index (χ3n) is 4.33. The van der Waals surface area contributed by atoms with Crippen molar-refractivity contribution in [3.05, 3.63) is 63.7 Å². The highest BCUT2D eigenvalue weighted by atomic mass is 16.5. The van der Waals surface area contributed by atoms with Crippen molar-refractivity contribution >= 4 is 5.91 Å². The second kappa shape index (κ2) is 7.38. The lowest BCUT2D eigenvalue weighted by Crippen LogP contribution is -2.31. The van der Waals surface area contributed by atoms with Gasteiger partial charge in [-0.1, -0.05) is 50.2 Å². The Hall–Kier alpha value is -3.29. The van der Waals surface area contributed by atoms with E-state index >= 15 is 0 Å². The van der Waals surface area contributed by atoms with Crippen LogP contribution in [0.2, 0.25) is 0 Å². The van der Waals surface area contributed by atoms with E-state index in [0.717, 1.165) is 11.1 Å². The monoisotopic (exact) mass is 381 g/mol. The molecule has 1 aromatic carbocycles. The Morgan fingerprint density at radius 3 is 2.61 bits per heavy atom. The van der Waals surface area contributed by atoms with Gasteiger partial charge in [0.2, 0.25) is 11.7 Å². The van der Waals surface area contributed by atoms with Crippen molar-refractivity contribution in [1.82, 2.24) is 25.4 Å². The SMILES string of the molecule is Cc1ccccc1-c1noc([C@@H](C)NC(=O)c2cc(C(C)(C)C)[nH]c(=O)n2)n1. The van der Waals surface area contributed by atoms with Gasteiger partial charge in [-0.25, -0.2) is 4.79 Å². The van der Waals surface area contributed by atoms with E-state index in [9.17, 15) is 9.59 Å². The van der Waals surface area contributed by atoms with Crippen molar-refractivity contribution in [2.45, 2.75) is 46.1 Å². The number of aryl methyl sites for hydroxylation is 1. The van der Waals surface area contributed by atoms with Gasteiger partial charge in [-0.15, -0.1) is 0 Å². The first-order valence-corrected chi connectivity index (χ1v) is 8.97. The van der Waals surface area contributed by atoms with Crippen LogP contribution in [0.5, 0.6) is 0 Å². The van der Waals surface area contributed by atoms with Gasteiger partial charge in [-0.05, 0) is 25.5 Å². The summed E-state index contributed by atoms with van der Waals surface area (Å²) in [6.45, 7) is 9.50. The maximum Gasteiger partial charge on any atom is 0.345 e. The van der Waals surface area contributed by atoms with Crippen LogP contribution >= 0.6 is 0 Å². The molecule has 146 valence electrons. The largest absolute Gasteiger partial charge is 0.345 e. The standard InChI is InChI=1S/C20H23N5O3/c1-11-8-6-7-9-13(11)16-24-18(28-25-16)12(2)21-17(26)14-10-15(20(3,4)5)23-19(27)22-14/h6-10,12H,1-5H3,(H,21,26)(H,22,23,27)/t12-/m1/s1. The average molecular weight is 381 g/mol. The van der Waals surface area contributed by atoms with Gasteiger partial charge in [0.25, 0.3) is 5.91 Å². The molecule has 0 saturated carbocycles. The first-order chi connectivity index (χ1) is 13.1. The van der Waals surface area contributed by atoms with Crippen molar-refractivity contribution in [3.63, 3.8) is 0 Å². The van der Waals surface area contributed by atoms with E-state index in [4.69, 9.17) is 4.52 Å². The minimum Gasteiger partial charge on any atom is -0.339 e. The van der Waals surface area contributed by atoms with Gasteiger partial charge in [0.15, 0.2) is 0 Å². The summed E-state index contributed by atoms with van der Waals surface area (Å²) in [5.41, 5.74) is 1.67. The lowest BCUT2D eigenvalue weighted by atomic mass is 9.91. The number of hydrogen-bond acceptors (Lipinski definition) is 6. The van der Waals surface area contributed by atoms with Crippen LogP contribution in [0.15, 0.2) is 39.6 Å². The number of carbonyl (C=O) groups is 1. The van der Waals surface area contributed by atoms with Crippen molar-refractivity contribution in [1.29, 1.82) is 0 Å². The molecular formula is C20H23N5O3. The number of H-pyrrole nitrogens is 1. The number of amides is 1. The van der Waals surface area contributed by atoms with Crippen LogP contribution in [0.1, 0.15) is 61.4 Å². The Labute approximate surface area is 162 Å². The van der Waals surface area contributed by atoms with Gasteiger partial charge in [0.05, 0.1) is 0 Å². The quantitative estimate of drug-likeness (QED) is 0.718. The molecule has 0 fully saturated rings. The smallest absolute Gasteiger partial charge is 0.339 e. The fraction of sp³-hybridized carbons (Fsp3) is 0.350. The first-order valence-electron chi connectivity index (χ1n) is 8.97. The molecule has 0 aliphatic rings. The van der Waals surface area contributed by atoms with Crippen LogP contribution < -0.4 is 11.0 Å². The van der Waals surface area contributed by atoms with Gasteiger partial charge < -0.3 is 14.8 Å². The number of carbonyl (C=O) groups excluding carboxylic acids is 1. The minimum atomic E-state index is -0.565. The Kier molecular flexibility index (Phi) is 5.13. The van der Waals surface area contributed by atoms with Crippen LogP contribution in [-0.4, -0.2) is 26.0 Å². The van der Waals surface area contributed by atoms with Crippen LogP contribution in [0, 0.1) is 6.92 Å². The zero-order valence-corrected chi connectivity index (χ0v) is 16.5. The molecule has 3 rings (SSSR count). The molecule has 1 atom stereocenters. The van der Waals surface area contributed by atoms with Gasteiger partial charge in [0, 0.05) is 16.7 Å². The van der Waals surface area contributed by atoms with Crippen LogP contribution in [0.25, 0.3) is 11.4 Å². The maximum absolute atomic E-state index is 12.6. The molecule has 3 aromatic rings. The normalized spacial score (nSPS) is 12.6. The van der Waals surface area contributed by atoms with E-state index in [1.54, 1.807) is 13.0 Å². The molecule has 8 heteroatoms. The summed E-state index contributed by atoms with van der Waals surface area (Å²) in [5.74, 6) is 0.241. The summed E-state index contributed by atoms with van der Waals surface area (Å²) in [7, 11) is 0. The molecular weight excluding hydrogens is 358 g/mol. The number of rotatable bonds is 4. The predicted molar refractivity (Wildman–Crippen MR) is 104 cm³/mol. The summed E-state index contributed by atoms with van der Waals surface area (Å²) in [6, 6.07) is 8.73. The Balaban J connectivity index is 1.80. The van der Waals surface area contributed by atoms with Crippen LogP contribution in [-0.2, 0) is 5.41 Å². The van der Waals surface area contributed by atoms with Gasteiger partial charge in [0.1, 0.15) is 11.7 Å². The maximum atomic E-state index is 12.6. The van der Waals surface area contributed by atoms with E-state index < -0.39 is 17.6 Å². The molecule has 0 aliphatic heterocycles. The zero-order valence-electron chi connectivity index (χ0n) is 16.5. The molecule has 0 saturated heterocycles. The number of nitrogens with zero attached hydrogens (tertiary/aromatic N) is 3. The fourth-order valence-electron chi connectivity index (χ4n) is 2.65. The Bertz CT molecular complexity index is 1060. The summed E-state index contributed by atoms with van der Waals surface area (Å²) in [4.78, 5) is 35.2. The molecule has 2 heterocycles. The van der Waals surface area contributed by atoms with E-state index in [1.807, 2.05) is 52.0 Å². The van der Waals surface area contributed by atoms with Crippen molar-refractivity contribution < 1.29 is 9.32 Å². The average Bonchev–Trinajstić information content (AvgIpc) is 3.11. The summed E-state index contributed by atoms with van der Waals surface area (Å²) in [6.07, 6.45) is 0. The Morgan fingerprint density at radius 1 is 1.21 bits per heavy atom. The third kappa shape index (κ3) is 4.16. The summed E-state index contributed by atoms with van der Waals surface area (Å²) in [5, 5.41) is 6.75. The second-order valence-electron chi connectivity index (χ2n) is 7.70. The van der Waals surface area contributed by atoms with Gasteiger partial charge >= 0.3 is 5.69 Å². The van der Waals surface area contributed by atoms with Crippen molar-refractivity contribution in [2.75, 3.05) is 0 Å². The molecule has 0 unspecified atom stereocenters. The van der Waals surface area contributed by atoms with E-state index in [0.29, 0.717) is 11.5 Å². The van der Waals surface area contributed by atoms with Crippen molar-refractivity contribution in [2.24, 2.45) is 0 Å². The first kappa shape index (κ1) is 19.5. The lowest BCUT2D eigenvalue weighted by molar-refractivity contribution is 0.0926. The number of aromatic amines is 1. The van der Waals surface area contributed by atoms with Crippen LogP contribution in [0.3, 0.4) is 0 Å². The lowest BCUT2D eigenvalue weighted by Gasteiger charge is -2.18. The highest BCUT2D eigenvalue weighted by molar-refractivity contribution is 5.92. The molecule has 1 amide bonds. The molecule has 0 aliphatic carbocycles. The Morgan fingerprint density at radius 2 is 1.93 bits per heavy atom. The fourth-order valence-corrected chi connectivity index (χ4v) is 2.65. The van der Waals surface area contributed by atoms with E-state index in [-0.39, 0.29) is 17.0 Å². The predicted octanol–water partition coefficient (Wildman–Crippen LogP) is 2.92. The second-order valence-corrected chi connectivity index (χ2v) is 7.70. The number of benzene rings is 1. The molecule has 8 nitrogen and oxygen atoms in total. The third-order valence-corrected chi connectivity index (χ3v) is 4.33. The number of aromatic nitrogens is 4. The van der Waals surface area contributed by atoms with Gasteiger partial charge in [-0.3, -0.25) is 4.79 Å². The summed E-state index contributed by atoms with van der Waals surface area (Å²) >= 11 is 0.